The second kappa shape index (κ2) is 12.6. The van der Waals surface area contributed by atoms with Crippen molar-refractivity contribution in [1.29, 1.82) is 0 Å². The van der Waals surface area contributed by atoms with Crippen molar-refractivity contribution in [2.45, 2.75) is 93.9 Å². The predicted molar refractivity (Wildman–Crippen MR) is 155 cm³/mol. The van der Waals surface area contributed by atoms with Crippen molar-refractivity contribution in [2.75, 3.05) is 0 Å². The third-order valence-electron chi connectivity index (χ3n) is 7.25. The summed E-state index contributed by atoms with van der Waals surface area (Å²) in [6, 6.07) is 3.24. The minimum Gasteiger partial charge on any atom is -0.508 e. The first-order valence-electron chi connectivity index (χ1n) is 13.5. The Morgan fingerprint density at radius 1 is 0.684 bits per heavy atom. The number of rotatable bonds is 10. The van der Waals surface area contributed by atoms with Gasteiger partial charge in [0, 0.05) is 34.1 Å². The molecule has 2 aromatic rings. The molecule has 5 heteroatoms. The summed E-state index contributed by atoms with van der Waals surface area (Å²) < 4.78 is 0. The zero-order valence-electron chi connectivity index (χ0n) is 24.7. The van der Waals surface area contributed by atoms with Crippen LogP contribution in [0.5, 0.6) is 23.0 Å². The number of Topliss-reactive ketones (excluding diaryl/α,β-unsaturated/α-hetero) is 1. The molecule has 0 aliphatic rings. The van der Waals surface area contributed by atoms with E-state index in [1.54, 1.807) is 26.0 Å². The van der Waals surface area contributed by atoms with Crippen LogP contribution in [0.2, 0.25) is 0 Å². The molecule has 0 aliphatic carbocycles. The fourth-order valence-corrected chi connectivity index (χ4v) is 5.28. The molecule has 0 heterocycles. The van der Waals surface area contributed by atoms with Gasteiger partial charge >= 0.3 is 0 Å². The van der Waals surface area contributed by atoms with Gasteiger partial charge in [0.15, 0.2) is 0 Å². The molecule has 0 aromatic heterocycles. The molecule has 2 aromatic carbocycles. The lowest BCUT2D eigenvalue weighted by Crippen LogP contribution is -2.29. The normalized spacial score (nSPS) is 12.9. The van der Waals surface area contributed by atoms with E-state index >= 15 is 0 Å². The largest absolute Gasteiger partial charge is 0.508 e. The number of aryl methyl sites for hydroxylation is 2. The van der Waals surface area contributed by atoms with E-state index in [1.165, 1.54) is 0 Å². The van der Waals surface area contributed by atoms with Crippen molar-refractivity contribution in [3.63, 3.8) is 0 Å². The summed E-state index contributed by atoms with van der Waals surface area (Å²) in [5.74, 6) is -1.83. The van der Waals surface area contributed by atoms with E-state index in [2.05, 4.69) is 0 Å². The molecule has 38 heavy (non-hydrogen) atoms. The lowest BCUT2D eigenvalue weighted by atomic mass is 9.71. The van der Waals surface area contributed by atoms with Gasteiger partial charge in [-0.2, -0.15) is 0 Å². The third-order valence-corrected chi connectivity index (χ3v) is 7.25. The van der Waals surface area contributed by atoms with Crippen LogP contribution in [0.15, 0.2) is 35.4 Å². The summed E-state index contributed by atoms with van der Waals surface area (Å²) in [5.41, 5.74) is 5.25. The van der Waals surface area contributed by atoms with Gasteiger partial charge in [-0.15, -0.1) is 0 Å². The number of allylic oxidation sites excluding steroid dienone is 4. The number of carbonyl (C=O) groups excluding carboxylic acids is 1. The average molecular weight is 523 g/mol. The molecule has 5 nitrogen and oxygen atoms in total. The van der Waals surface area contributed by atoms with Gasteiger partial charge < -0.3 is 20.4 Å². The summed E-state index contributed by atoms with van der Waals surface area (Å²) in [7, 11) is 0. The van der Waals surface area contributed by atoms with Crippen molar-refractivity contribution in [3.05, 3.63) is 68.8 Å². The Kier molecular flexibility index (Phi) is 10.2. The number of hydrogen-bond acceptors (Lipinski definition) is 5. The first-order chi connectivity index (χ1) is 17.6. The van der Waals surface area contributed by atoms with Crippen molar-refractivity contribution in [2.24, 2.45) is 11.8 Å². The Balaban J connectivity index is 2.79. The minimum absolute atomic E-state index is 0.00699. The zero-order chi connectivity index (χ0) is 29.1. The molecule has 0 spiro atoms. The van der Waals surface area contributed by atoms with Gasteiger partial charge in [0.25, 0.3) is 0 Å². The molecule has 0 saturated heterocycles. The molecular weight excluding hydrogens is 476 g/mol. The second-order valence-electron chi connectivity index (χ2n) is 11.7. The van der Waals surface area contributed by atoms with Gasteiger partial charge in [0.05, 0.1) is 0 Å². The molecule has 0 fully saturated rings. The van der Waals surface area contributed by atoms with Gasteiger partial charge in [0.2, 0.25) is 0 Å². The molecule has 2 rings (SSSR count). The fourth-order valence-electron chi connectivity index (χ4n) is 5.28. The minimum atomic E-state index is -0.665. The lowest BCUT2D eigenvalue weighted by Gasteiger charge is -2.31. The lowest BCUT2D eigenvalue weighted by molar-refractivity contribution is -0.124. The Labute approximate surface area is 228 Å². The van der Waals surface area contributed by atoms with E-state index < -0.39 is 11.8 Å². The highest BCUT2D eigenvalue weighted by molar-refractivity contribution is 5.94. The zero-order valence-corrected chi connectivity index (χ0v) is 24.7. The number of aromatic hydroxyl groups is 4. The smallest absolute Gasteiger partial charge is 0.148 e. The van der Waals surface area contributed by atoms with Gasteiger partial charge in [-0.25, -0.2) is 0 Å². The molecule has 0 bridgehead atoms. The Morgan fingerprint density at radius 2 is 1.00 bits per heavy atom. The average Bonchev–Trinajstić information content (AvgIpc) is 2.77. The SMILES string of the molecule is CC(C)=CCc1c(O)cc(C)c(C(C(=O)C(c2c(C)cc(O)c(CC=C(C)C)c2O)C(C)C)C(C)C)c1O. The molecule has 208 valence electrons. The van der Waals surface area contributed by atoms with Gasteiger partial charge in [-0.05, 0) is 89.5 Å². The number of carbonyl (C=O) groups is 1. The topological polar surface area (TPSA) is 98.0 Å². The number of benzene rings is 2. The highest BCUT2D eigenvalue weighted by Crippen LogP contribution is 2.47. The van der Waals surface area contributed by atoms with E-state index in [0.717, 1.165) is 11.1 Å². The van der Waals surface area contributed by atoms with Gasteiger partial charge in [-0.3, -0.25) is 4.79 Å². The van der Waals surface area contributed by atoms with Gasteiger partial charge in [0.1, 0.15) is 28.8 Å². The molecule has 0 saturated carbocycles. The van der Waals surface area contributed by atoms with E-state index in [9.17, 15) is 25.2 Å². The number of hydrogen-bond donors (Lipinski definition) is 4. The number of ketones is 1. The first kappa shape index (κ1) is 31.0. The van der Waals surface area contributed by atoms with Crippen LogP contribution in [-0.4, -0.2) is 26.2 Å². The van der Waals surface area contributed by atoms with Crippen LogP contribution in [0.1, 0.15) is 101 Å². The highest BCUT2D eigenvalue weighted by Gasteiger charge is 2.38. The Bertz CT molecular complexity index is 1140. The summed E-state index contributed by atoms with van der Waals surface area (Å²) in [6.45, 7) is 19.2. The van der Waals surface area contributed by atoms with Crippen LogP contribution in [0.25, 0.3) is 0 Å². The highest BCUT2D eigenvalue weighted by atomic mass is 16.3. The number of phenols is 4. The molecule has 0 aliphatic heterocycles. The van der Waals surface area contributed by atoms with Crippen LogP contribution < -0.4 is 0 Å². The second-order valence-corrected chi connectivity index (χ2v) is 11.7. The molecule has 2 unspecified atom stereocenters. The van der Waals surface area contributed by atoms with Crippen LogP contribution in [0.3, 0.4) is 0 Å². The molecular formula is C33H46O5. The van der Waals surface area contributed by atoms with Crippen LogP contribution in [0.4, 0.5) is 0 Å². The fraction of sp³-hybridized carbons (Fsp3) is 0.485. The first-order valence-corrected chi connectivity index (χ1v) is 13.5. The Morgan fingerprint density at radius 3 is 1.26 bits per heavy atom. The Hall–Kier alpha value is -3.21. The monoisotopic (exact) mass is 522 g/mol. The van der Waals surface area contributed by atoms with Crippen molar-refractivity contribution < 1.29 is 25.2 Å². The summed E-state index contributed by atoms with van der Waals surface area (Å²) >= 11 is 0. The summed E-state index contributed by atoms with van der Waals surface area (Å²) in [5, 5.41) is 44.1. The van der Waals surface area contributed by atoms with Crippen molar-refractivity contribution >= 4 is 5.78 Å². The molecule has 0 radical (unpaired) electrons. The van der Waals surface area contributed by atoms with E-state index in [0.29, 0.717) is 46.2 Å². The standard InChI is InChI=1S/C33H46O5/c1-17(2)11-13-23-25(34)15-21(9)29(31(23)36)27(19(5)6)33(38)28(20(7)8)30-22(10)16-26(35)24(32(30)37)14-12-18(3)4/h11-12,15-16,19-20,27-28,34-37H,13-14H2,1-10H3. The van der Waals surface area contributed by atoms with E-state index in [4.69, 9.17) is 0 Å². The maximum absolute atomic E-state index is 14.5. The third kappa shape index (κ3) is 6.61. The molecule has 0 amide bonds. The summed E-state index contributed by atoms with van der Waals surface area (Å²) in [6.07, 6.45) is 4.57. The van der Waals surface area contributed by atoms with Crippen LogP contribution >= 0.6 is 0 Å². The molecule has 4 N–H and O–H groups in total. The van der Waals surface area contributed by atoms with Gasteiger partial charge in [-0.1, -0.05) is 51.0 Å². The maximum Gasteiger partial charge on any atom is 0.148 e. The quantitative estimate of drug-likeness (QED) is 0.238. The van der Waals surface area contributed by atoms with Crippen molar-refractivity contribution in [1.82, 2.24) is 0 Å². The predicted octanol–water partition coefficient (Wildman–Crippen LogP) is 7.89. The van der Waals surface area contributed by atoms with Crippen molar-refractivity contribution in [3.8, 4) is 23.0 Å². The van der Waals surface area contributed by atoms with Crippen LogP contribution in [-0.2, 0) is 17.6 Å². The molecule has 2 atom stereocenters. The summed E-state index contributed by atoms with van der Waals surface area (Å²) in [4.78, 5) is 14.5. The number of phenolic OH excluding ortho intramolecular Hbond substituents is 4. The van der Waals surface area contributed by atoms with Crippen LogP contribution in [0, 0.1) is 25.7 Å². The maximum atomic E-state index is 14.5. The van der Waals surface area contributed by atoms with E-state index in [-0.39, 0.29) is 40.6 Å². The van der Waals surface area contributed by atoms with E-state index in [1.807, 2.05) is 67.5 Å².